The maximum Gasteiger partial charge on any atom is 0.169 e. The fourth-order valence-electron chi connectivity index (χ4n) is 2.97. The van der Waals surface area contributed by atoms with Gasteiger partial charge in [-0.1, -0.05) is 12.1 Å². The summed E-state index contributed by atoms with van der Waals surface area (Å²) < 4.78 is 13.1. The van der Waals surface area contributed by atoms with E-state index in [1.54, 1.807) is 23.5 Å². The summed E-state index contributed by atoms with van der Waals surface area (Å²) in [7, 11) is 0. The average molecular weight is 379 g/mol. The highest BCUT2D eigenvalue weighted by Gasteiger charge is 2.19. The van der Waals surface area contributed by atoms with Crippen LogP contribution < -0.4 is 5.32 Å². The van der Waals surface area contributed by atoms with E-state index in [0.29, 0.717) is 0 Å². The Kier molecular flexibility index (Phi) is 6.34. The summed E-state index contributed by atoms with van der Waals surface area (Å²) in [5.74, 6) is -0.216. The summed E-state index contributed by atoms with van der Waals surface area (Å²) in [5, 5.41) is 7.34. The number of hydrogen-bond acceptors (Lipinski definition) is 4. The fourth-order valence-corrected chi connectivity index (χ4v) is 3.98. The van der Waals surface area contributed by atoms with Crippen LogP contribution in [0, 0.1) is 5.82 Å². The summed E-state index contributed by atoms with van der Waals surface area (Å²) in [5.41, 5.74) is 1.03. The summed E-state index contributed by atoms with van der Waals surface area (Å²) in [6.45, 7) is 6.87. The van der Waals surface area contributed by atoms with Crippen LogP contribution in [0.1, 0.15) is 30.0 Å². The largest absolute Gasteiger partial charge is 0.356 e. The summed E-state index contributed by atoms with van der Waals surface area (Å²) in [6, 6.07) is 6.63. The molecular weight excluding hydrogens is 355 g/mol. The van der Waals surface area contributed by atoms with Crippen molar-refractivity contribution in [2.75, 3.05) is 26.2 Å². The van der Waals surface area contributed by atoms with Gasteiger partial charge in [-0.05, 0) is 43.3 Å². The third-order valence-corrected chi connectivity index (χ3v) is 5.57. The molecule has 0 spiro atoms. The Morgan fingerprint density at radius 1 is 1.28 bits per heavy atom. The second-order valence-electron chi connectivity index (χ2n) is 6.27. The normalized spacial score (nSPS) is 17.1. The quantitative estimate of drug-likeness (QED) is 0.824. The lowest BCUT2D eigenvalue weighted by atomic mass is 10.1. The Bertz CT molecular complexity index is 675. The molecular formula is C18H23FN4S2. The number of thiocarbonyl (C=S) groups is 1. The minimum absolute atomic E-state index is 0.0581. The topological polar surface area (TPSA) is 31.4 Å². The molecule has 0 amide bonds. The van der Waals surface area contributed by atoms with Crippen molar-refractivity contribution in [2.24, 2.45) is 0 Å². The van der Waals surface area contributed by atoms with Gasteiger partial charge >= 0.3 is 0 Å². The van der Waals surface area contributed by atoms with Crippen LogP contribution in [0.15, 0.2) is 35.8 Å². The highest BCUT2D eigenvalue weighted by atomic mass is 32.1. The van der Waals surface area contributed by atoms with E-state index in [9.17, 15) is 4.39 Å². The van der Waals surface area contributed by atoms with Gasteiger partial charge in [0, 0.05) is 37.8 Å². The fraction of sp³-hybridized carbons (Fsp3) is 0.444. The minimum Gasteiger partial charge on any atom is -0.356 e. The van der Waals surface area contributed by atoms with Gasteiger partial charge in [0.15, 0.2) is 5.11 Å². The van der Waals surface area contributed by atoms with Gasteiger partial charge in [-0.3, -0.25) is 4.90 Å². The zero-order valence-electron chi connectivity index (χ0n) is 14.3. The van der Waals surface area contributed by atoms with E-state index in [2.05, 4.69) is 20.1 Å². The molecule has 3 rings (SSSR count). The minimum atomic E-state index is -0.216. The number of aromatic nitrogens is 1. The first-order valence-electron chi connectivity index (χ1n) is 8.53. The molecule has 0 saturated carbocycles. The second kappa shape index (κ2) is 8.69. The highest BCUT2D eigenvalue weighted by Crippen LogP contribution is 2.15. The van der Waals surface area contributed by atoms with Gasteiger partial charge < -0.3 is 10.2 Å². The SMILES string of the molecule is CC(NC(=S)N1CCCN(Cc2nccs2)CC1)c1ccc(F)cc1. The van der Waals surface area contributed by atoms with E-state index in [4.69, 9.17) is 12.2 Å². The van der Waals surface area contributed by atoms with Crippen LogP contribution >= 0.6 is 23.6 Å². The maximum atomic E-state index is 13.1. The van der Waals surface area contributed by atoms with Crippen LogP contribution in [0.3, 0.4) is 0 Å². The Labute approximate surface area is 157 Å². The molecule has 1 fully saturated rings. The molecule has 0 radical (unpaired) electrons. The number of nitrogens with zero attached hydrogens (tertiary/aromatic N) is 3. The molecule has 0 aliphatic carbocycles. The van der Waals surface area contributed by atoms with Gasteiger partial charge in [-0.25, -0.2) is 9.37 Å². The van der Waals surface area contributed by atoms with Crippen LogP contribution in [0.25, 0.3) is 0 Å². The van der Waals surface area contributed by atoms with E-state index in [1.807, 2.05) is 18.5 Å². The van der Waals surface area contributed by atoms with Gasteiger partial charge in [-0.15, -0.1) is 11.3 Å². The molecule has 1 aliphatic heterocycles. The van der Waals surface area contributed by atoms with Crippen molar-refractivity contribution >= 4 is 28.7 Å². The van der Waals surface area contributed by atoms with Gasteiger partial charge in [-0.2, -0.15) is 0 Å². The summed E-state index contributed by atoms with van der Waals surface area (Å²) >= 11 is 7.31. The van der Waals surface area contributed by atoms with Gasteiger partial charge in [0.05, 0.1) is 12.6 Å². The molecule has 1 aromatic heterocycles. The molecule has 0 bridgehead atoms. The number of benzene rings is 1. The Hall–Kier alpha value is -1.57. The average Bonchev–Trinajstić information content (AvgIpc) is 2.99. The molecule has 2 aromatic rings. The molecule has 1 saturated heterocycles. The van der Waals surface area contributed by atoms with Crippen molar-refractivity contribution in [2.45, 2.75) is 25.9 Å². The van der Waals surface area contributed by atoms with Crippen molar-refractivity contribution in [3.63, 3.8) is 0 Å². The van der Waals surface area contributed by atoms with Crippen LogP contribution in [0.4, 0.5) is 4.39 Å². The number of hydrogen-bond donors (Lipinski definition) is 1. The lowest BCUT2D eigenvalue weighted by Gasteiger charge is -2.27. The highest BCUT2D eigenvalue weighted by molar-refractivity contribution is 7.80. The lowest BCUT2D eigenvalue weighted by Crippen LogP contribution is -2.42. The molecule has 25 heavy (non-hydrogen) atoms. The van der Waals surface area contributed by atoms with E-state index in [1.165, 1.54) is 17.1 Å². The first-order chi connectivity index (χ1) is 12.1. The standard InChI is InChI=1S/C18H23FN4S2/c1-14(15-3-5-16(19)6-4-15)21-18(24)23-9-2-8-22(10-11-23)13-17-20-7-12-25-17/h3-7,12,14H,2,8-11,13H2,1H3,(H,21,24). The zero-order chi connectivity index (χ0) is 17.6. The second-order valence-corrected chi connectivity index (χ2v) is 7.63. The van der Waals surface area contributed by atoms with Crippen LogP contribution in [-0.4, -0.2) is 46.1 Å². The van der Waals surface area contributed by atoms with Crippen molar-refractivity contribution in [3.05, 3.63) is 52.2 Å². The molecule has 1 atom stereocenters. The monoisotopic (exact) mass is 378 g/mol. The number of nitrogens with one attached hydrogen (secondary N) is 1. The Balaban J connectivity index is 1.51. The van der Waals surface area contributed by atoms with Crippen molar-refractivity contribution in [3.8, 4) is 0 Å². The zero-order valence-corrected chi connectivity index (χ0v) is 16.0. The third kappa shape index (κ3) is 5.20. The van der Waals surface area contributed by atoms with Crippen LogP contribution in [-0.2, 0) is 6.54 Å². The molecule has 1 N–H and O–H groups in total. The van der Waals surface area contributed by atoms with Crippen molar-refractivity contribution < 1.29 is 4.39 Å². The van der Waals surface area contributed by atoms with E-state index in [-0.39, 0.29) is 11.9 Å². The van der Waals surface area contributed by atoms with E-state index in [0.717, 1.165) is 49.8 Å². The van der Waals surface area contributed by atoms with Crippen molar-refractivity contribution in [1.29, 1.82) is 0 Å². The number of halogens is 1. The molecule has 2 heterocycles. The lowest BCUT2D eigenvalue weighted by molar-refractivity contribution is 0.277. The molecule has 1 aliphatic rings. The smallest absolute Gasteiger partial charge is 0.169 e. The Morgan fingerprint density at radius 2 is 2.08 bits per heavy atom. The van der Waals surface area contributed by atoms with Crippen LogP contribution in [0.5, 0.6) is 0 Å². The predicted molar refractivity (Wildman–Crippen MR) is 104 cm³/mol. The first kappa shape index (κ1) is 18.2. The Morgan fingerprint density at radius 3 is 2.80 bits per heavy atom. The van der Waals surface area contributed by atoms with Gasteiger partial charge in [0.2, 0.25) is 0 Å². The molecule has 4 nitrogen and oxygen atoms in total. The summed E-state index contributed by atoms with van der Waals surface area (Å²) in [4.78, 5) is 9.04. The molecule has 1 aromatic carbocycles. The van der Waals surface area contributed by atoms with Crippen LogP contribution in [0.2, 0.25) is 0 Å². The third-order valence-electron chi connectivity index (χ3n) is 4.43. The van der Waals surface area contributed by atoms with E-state index >= 15 is 0 Å². The van der Waals surface area contributed by atoms with Crippen molar-refractivity contribution in [1.82, 2.24) is 20.1 Å². The summed E-state index contributed by atoms with van der Waals surface area (Å²) in [6.07, 6.45) is 2.94. The number of thiazole rings is 1. The van der Waals surface area contributed by atoms with Gasteiger partial charge in [0.1, 0.15) is 10.8 Å². The molecule has 7 heteroatoms. The first-order valence-corrected chi connectivity index (χ1v) is 9.82. The number of rotatable bonds is 4. The molecule has 134 valence electrons. The van der Waals surface area contributed by atoms with E-state index < -0.39 is 0 Å². The van der Waals surface area contributed by atoms with Gasteiger partial charge in [0.25, 0.3) is 0 Å². The predicted octanol–water partition coefficient (Wildman–Crippen LogP) is 3.43. The maximum absolute atomic E-state index is 13.1. The molecule has 1 unspecified atom stereocenters.